The van der Waals surface area contributed by atoms with Crippen molar-refractivity contribution in [3.8, 4) is 0 Å². The SMILES string of the molecule is C=NC(=N)c1cccc(NC(=O)c2ccc(C(C)(C)C)cc2)c1CO. The molecule has 0 aliphatic heterocycles. The number of aliphatic hydroxyl groups excluding tert-OH is 1. The molecule has 1 amide bonds. The van der Waals surface area contributed by atoms with Gasteiger partial charge in [-0.05, 0) is 35.9 Å². The summed E-state index contributed by atoms with van der Waals surface area (Å²) in [5.41, 5.74) is 3.04. The molecule has 0 aliphatic carbocycles. The minimum Gasteiger partial charge on any atom is -0.392 e. The Labute approximate surface area is 147 Å². The molecule has 0 saturated carbocycles. The van der Waals surface area contributed by atoms with Gasteiger partial charge in [-0.3, -0.25) is 10.2 Å². The highest BCUT2D eigenvalue weighted by Crippen LogP contribution is 2.24. The van der Waals surface area contributed by atoms with E-state index in [0.29, 0.717) is 22.4 Å². The van der Waals surface area contributed by atoms with E-state index in [1.807, 2.05) is 12.1 Å². The number of aliphatic imine (C=N–C) groups is 1. The van der Waals surface area contributed by atoms with Crippen LogP contribution in [0.5, 0.6) is 0 Å². The predicted molar refractivity (Wildman–Crippen MR) is 102 cm³/mol. The predicted octanol–water partition coefficient (Wildman–Crippen LogP) is 3.75. The summed E-state index contributed by atoms with van der Waals surface area (Å²) in [4.78, 5) is 16.1. The van der Waals surface area contributed by atoms with Gasteiger partial charge >= 0.3 is 0 Å². The molecular weight excluding hydrogens is 314 g/mol. The third-order valence-corrected chi connectivity index (χ3v) is 4.01. The monoisotopic (exact) mass is 337 g/mol. The molecule has 0 heterocycles. The molecule has 0 unspecified atom stereocenters. The number of nitrogens with zero attached hydrogens (tertiary/aromatic N) is 1. The summed E-state index contributed by atoms with van der Waals surface area (Å²) in [5.74, 6) is -0.319. The molecule has 5 heteroatoms. The molecule has 3 N–H and O–H groups in total. The van der Waals surface area contributed by atoms with Gasteiger partial charge in [-0.15, -0.1) is 0 Å². The molecule has 25 heavy (non-hydrogen) atoms. The second-order valence-corrected chi connectivity index (χ2v) is 6.78. The summed E-state index contributed by atoms with van der Waals surface area (Å²) < 4.78 is 0. The van der Waals surface area contributed by atoms with Crippen LogP contribution in [-0.4, -0.2) is 23.6 Å². The molecule has 0 saturated heterocycles. The number of aliphatic hydroxyl groups is 1. The number of nitrogens with one attached hydrogen (secondary N) is 2. The van der Waals surface area contributed by atoms with Gasteiger partial charge in [-0.1, -0.05) is 45.0 Å². The first kappa shape index (κ1) is 18.5. The number of carbonyl (C=O) groups excluding carboxylic acids is 1. The van der Waals surface area contributed by atoms with E-state index < -0.39 is 0 Å². The van der Waals surface area contributed by atoms with Crippen molar-refractivity contribution in [2.45, 2.75) is 32.8 Å². The van der Waals surface area contributed by atoms with E-state index in [9.17, 15) is 9.90 Å². The second-order valence-electron chi connectivity index (χ2n) is 6.78. The maximum Gasteiger partial charge on any atom is 0.255 e. The van der Waals surface area contributed by atoms with Crippen molar-refractivity contribution in [2.24, 2.45) is 4.99 Å². The van der Waals surface area contributed by atoms with Gasteiger partial charge in [0.15, 0.2) is 5.84 Å². The van der Waals surface area contributed by atoms with Crippen molar-refractivity contribution in [2.75, 3.05) is 5.32 Å². The van der Waals surface area contributed by atoms with E-state index in [1.165, 1.54) is 0 Å². The van der Waals surface area contributed by atoms with Crippen molar-refractivity contribution in [3.05, 3.63) is 64.7 Å². The van der Waals surface area contributed by atoms with Gasteiger partial charge in [-0.2, -0.15) is 0 Å². The number of rotatable bonds is 4. The lowest BCUT2D eigenvalue weighted by Gasteiger charge is -2.19. The van der Waals surface area contributed by atoms with Crippen LogP contribution in [0.15, 0.2) is 47.5 Å². The zero-order valence-electron chi connectivity index (χ0n) is 14.8. The Kier molecular flexibility index (Phi) is 5.49. The quantitative estimate of drug-likeness (QED) is 0.586. The summed E-state index contributed by atoms with van der Waals surface area (Å²) in [5, 5.41) is 20.2. The topological polar surface area (TPSA) is 85.5 Å². The molecule has 2 rings (SSSR count). The van der Waals surface area contributed by atoms with Crippen LogP contribution in [0.1, 0.15) is 47.8 Å². The van der Waals surface area contributed by atoms with E-state index in [0.717, 1.165) is 5.56 Å². The summed E-state index contributed by atoms with van der Waals surface area (Å²) in [6, 6.07) is 12.5. The minimum atomic E-state index is -0.313. The van der Waals surface area contributed by atoms with Crippen LogP contribution >= 0.6 is 0 Å². The van der Waals surface area contributed by atoms with E-state index in [1.54, 1.807) is 30.3 Å². The van der Waals surface area contributed by atoms with Crippen molar-refractivity contribution in [1.29, 1.82) is 5.41 Å². The fraction of sp³-hybridized carbons (Fsp3) is 0.250. The van der Waals surface area contributed by atoms with Gasteiger partial charge in [0.05, 0.1) is 6.61 Å². The summed E-state index contributed by atoms with van der Waals surface area (Å²) in [7, 11) is 0. The number of amides is 1. The largest absolute Gasteiger partial charge is 0.392 e. The normalized spacial score (nSPS) is 11.0. The molecule has 0 radical (unpaired) electrons. The Hall–Kier alpha value is -2.79. The zero-order chi connectivity index (χ0) is 18.6. The molecule has 0 aromatic heterocycles. The third kappa shape index (κ3) is 4.19. The smallest absolute Gasteiger partial charge is 0.255 e. The maximum absolute atomic E-state index is 12.5. The van der Waals surface area contributed by atoms with E-state index in [4.69, 9.17) is 5.41 Å². The Bertz CT molecular complexity index is 803. The molecule has 0 aliphatic rings. The minimum absolute atomic E-state index is 0.0193. The zero-order valence-corrected chi connectivity index (χ0v) is 14.8. The van der Waals surface area contributed by atoms with E-state index in [-0.39, 0.29) is 23.8 Å². The van der Waals surface area contributed by atoms with Crippen LogP contribution in [0.3, 0.4) is 0 Å². The lowest BCUT2D eigenvalue weighted by Crippen LogP contribution is -2.16. The van der Waals surface area contributed by atoms with Crippen LogP contribution in [0, 0.1) is 5.41 Å². The van der Waals surface area contributed by atoms with Crippen molar-refractivity contribution >= 4 is 24.1 Å². The van der Waals surface area contributed by atoms with Gasteiger partial charge in [0.2, 0.25) is 0 Å². The Morgan fingerprint density at radius 1 is 1.20 bits per heavy atom. The van der Waals surface area contributed by atoms with Gasteiger partial charge in [0, 0.05) is 22.4 Å². The average Bonchev–Trinajstić information content (AvgIpc) is 2.60. The highest BCUT2D eigenvalue weighted by Gasteiger charge is 2.16. The first-order valence-corrected chi connectivity index (χ1v) is 7.98. The summed E-state index contributed by atoms with van der Waals surface area (Å²) >= 11 is 0. The molecule has 0 fully saturated rings. The first-order valence-electron chi connectivity index (χ1n) is 7.98. The lowest BCUT2D eigenvalue weighted by molar-refractivity contribution is 0.102. The van der Waals surface area contributed by atoms with Crippen LogP contribution in [0.2, 0.25) is 0 Å². The van der Waals surface area contributed by atoms with Crippen LogP contribution in [0.4, 0.5) is 5.69 Å². The maximum atomic E-state index is 12.5. The summed E-state index contributed by atoms with van der Waals surface area (Å²) in [6.07, 6.45) is 0. The van der Waals surface area contributed by atoms with Gasteiger partial charge < -0.3 is 10.4 Å². The number of benzene rings is 2. The fourth-order valence-electron chi connectivity index (χ4n) is 2.50. The van der Waals surface area contributed by atoms with E-state index >= 15 is 0 Å². The molecule has 0 bridgehead atoms. The second kappa shape index (κ2) is 7.40. The number of hydrogen-bond acceptors (Lipinski definition) is 3. The summed E-state index contributed by atoms with van der Waals surface area (Å²) in [6.45, 7) is 9.37. The van der Waals surface area contributed by atoms with Crippen molar-refractivity contribution in [1.82, 2.24) is 0 Å². The number of carbonyl (C=O) groups is 1. The Balaban J connectivity index is 2.29. The number of amidine groups is 1. The Morgan fingerprint density at radius 3 is 2.36 bits per heavy atom. The molecule has 0 atom stereocenters. The standard InChI is InChI=1S/C20H23N3O2/c1-20(2,3)14-10-8-13(9-11-14)19(25)23-17-7-5-6-15(16(17)12-24)18(21)22-4/h5-11,21,24H,4,12H2,1-3H3,(H,23,25). The van der Waals surface area contributed by atoms with Gasteiger partial charge in [0.25, 0.3) is 5.91 Å². The highest BCUT2D eigenvalue weighted by atomic mass is 16.3. The van der Waals surface area contributed by atoms with Crippen molar-refractivity contribution in [3.63, 3.8) is 0 Å². The number of hydrogen-bond donors (Lipinski definition) is 3. The van der Waals surface area contributed by atoms with Crippen LogP contribution in [-0.2, 0) is 12.0 Å². The first-order chi connectivity index (χ1) is 11.8. The molecule has 2 aromatic rings. The highest BCUT2D eigenvalue weighted by molar-refractivity contribution is 6.07. The van der Waals surface area contributed by atoms with Gasteiger partial charge in [0.1, 0.15) is 0 Å². The third-order valence-electron chi connectivity index (χ3n) is 4.01. The molecule has 130 valence electrons. The average molecular weight is 337 g/mol. The Morgan fingerprint density at radius 2 is 1.84 bits per heavy atom. The molecule has 0 spiro atoms. The van der Waals surface area contributed by atoms with Crippen LogP contribution in [0.25, 0.3) is 0 Å². The molecular formula is C20H23N3O2. The van der Waals surface area contributed by atoms with Crippen LogP contribution < -0.4 is 5.32 Å². The molecule has 2 aromatic carbocycles. The molecule has 5 nitrogen and oxygen atoms in total. The van der Waals surface area contributed by atoms with Gasteiger partial charge in [-0.25, -0.2) is 4.99 Å². The van der Waals surface area contributed by atoms with Crippen molar-refractivity contribution < 1.29 is 9.90 Å². The number of anilines is 1. The fourth-order valence-corrected chi connectivity index (χ4v) is 2.50. The lowest BCUT2D eigenvalue weighted by atomic mass is 9.86. The van der Waals surface area contributed by atoms with E-state index in [2.05, 4.69) is 37.8 Å².